The lowest BCUT2D eigenvalue weighted by Gasteiger charge is -2.10. The van der Waals surface area contributed by atoms with Crippen LogP contribution in [0.25, 0.3) is 0 Å². The molecular formula is C15H10BrCl2NOS. The van der Waals surface area contributed by atoms with Gasteiger partial charge < -0.3 is 9.83 Å². The number of phenolic OH excluding ortho intramolecular Hbond substituents is 1. The van der Waals surface area contributed by atoms with Gasteiger partial charge in [-0.25, -0.2) is 0 Å². The Bertz CT molecular complexity index is 740. The lowest BCUT2D eigenvalue weighted by atomic mass is 10.2. The first kappa shape index (κ1) is 16.4. The molecule has 0 heterocycles. The normalized spacial score (nSPS) is 9.90. The third-order valence-corrected chi connectivity index (χ3v) is 4.34. The monoisotopic (exact) mass is 401 g/mol. The van der Waals surface area contributed by atoms with E-state index in [2.05, 4.69) is 32.5 Å². The molecular weight excluding hydrogens is 393 g/mol. The van der Waals surface area contributed by atoms with Crippen LogP contribution in [-0.4, -0.2) is 5.11 Å². The summed E-state index contributed by atoms with van der Waals surface area (Å²) in [6.07, 6.45) is 0. The Labute approximate surface area is 146 Å². The largest absolute Gasteiger partial charge is 0.505 e. The minimum atomic E-state index is 0.0365. The molecule has 21 heavy (non-hydrogen) atoms. The summed E-state index contributed by atoms with van der Waals surface area (Å²) in [5, 5.41) is 10.9. The quantitative estimate of drug-likeness (QED) is 0.491. The van der Waals surface area contributed by atoms with E-state index >= 15 is 0 Å². The molecule has 6 heteroatoms. The van der Waals surface area contributed by atoms with Crippen molar-refractivity contribution in [3.05, 3.63) is 50.4 Å². The molecule has 0 spiro atoms. The zero-order valence-electron chi connectivity index (χ0n) is 10.9. The van der Waals surface area contributed by atoms with Gasteiger partial charge in [0.05, 0.1) is 15.6 Å². The molecule has 2 nitrogen and oxygen atoms in total. The van der Waals surface area contributed by atoms with Crippen LogP contribution < -0.4 is 4.72 Å². The Morgan fingerprint density at radius 2 is 2.00 bits per heavy atom. The smallest absolute Gasteiger partial charge is 0.149 e. The average molecular weight is 403 g/mol. The van der Waals surface area contributed by atoms with Gasteiger partial charge in [-0.2, -0.15) is 0 Å². The highest BCUT2D eigenvalue weighted by atomic mass is 79.9. The second-order valence-electron chi connectivity index (χ2n) is 4.00. The minimum absolute atomic E-state index is 0.0365. The molecule has 0 saturated heterocycles. The number of benzene rings is 2. The SMILES string of the molecule is CC#Cc1cc(Cl)ccc1NSc1cc(Br)cc(Cl)c1O. The second kappa shape index (κ2) is 7.33. The van der Waals surface area contributed by atoms with Crippen molar-refractivity contribution in [2.75, 3.05) is 4.72 Å². The van der Waals surface area contributed by atoms with Gasteiger partial charge in [0.15, 0.2) is 0 Å². The lowest BCUT2D eigenvalue weighted by molar-refractivity contribution is 0.462. The van der Waals surface area contributed by atoms with Crippen molar-refractivity contribution in [2.45, 2.75) is 11.8 Å². The number of rotatable bonds is 3. The number of hydrogen-bond acceptors (Lipinski definition) is 3. The zero-order chi connectivity index (χ0) is 15.4. The molecule has 0 bridgehead atoms. The Morgan fingerprint density at radius 1 is 1.24 bits per heavy atom. The van der Waals surface area contributed by atoms with Crippen LogP contribution in [0.2, 0.25) is 10.0 Å². The van der Waals surface area contributed by atoms with Crippen molar-refractivity contribution >= 4 is 56.8 Å². The molecule has 2 aromatic carbocycles. The van der Waals surface area contributed by atoms with Crippen LogP contribution in [0.1, 0.15) is 12.5 Å². The summed E-state index contributed by atoms with van der Waals surface area (Å²) in [4.78, 5) is 0.611. The Morgan fingerprint density at radius 3 is 2.71 bits per heavy atom. The van der Waals surface area contributed by atoms with Crippen LogP contribution in [0.15, 0.2) is 39.7 Å². The molecule has 2 rings (SSSR count). The third-order valence-electron chi connectivity index (χ3n) is 2.51. The predicted octanol–water partition coefficient (Wildman–Crippen LogP) is 5.95. The van der Waals surface area contributed by atoms with E-state index in [1.807, 2.05) is 6.07 Å². The number of aromatic hydroxyl groups is 1. The van der Waals surface area contributed by atoms with E-state index in [1.165, 1.54) is 11.9 Å². The Kier molecular flexibility index (Phi) is 5.72. The summed E-state index contributed by atoms with van der Waals surface area (Å²) >= 11 is 16.5. The number of hydrogen-bond donors (Lipinski definition) is 2. The van der Waals surface area contributed by atoms with E-state index in [0.717, 1.165) is 15.7 Å². The van der Waals surface area contributed by atoms with Gasteiger partial charge in [-0.05, 0) is 49.2 Å². The Balaban J connectivity index is 2.26. The molecule has 0 amide bonds. The molecule has 0 fully saturated rings. The molecule has 0 aliphatic heterocycles. The molecule has 2 aromatic rings. The fraction of sp³-hybridized carbons (Fsp3) is 0.0667. The fourth-order valence-corrected chi connectivity index (χ4v) is 3.55. The van der Waals surface area contributed by atoms with Gasteiger partial charge in [0, 0.05) is 15.1 Å². The van der Waals surface area contributed by atoms with E-state index < -0.39 is 0 Å². The summed E-state index contributed by atoms with van der Waals surface area (Å²) in [6, 6.07) is 8.82. The van der Waals surface area contributed by atoms with Crippen molar-refractivity contribution in [3.8, 4) is 17.6 Å². The van der Waals surface area contributed by atoms with Gasteiger partial charge in [0.2, 0.25) is 0 Å². The van der Waals surface area contributed by atoms with Crippen molar-refractivity contribution in [1.29, 1.82) is 0 Å². The highest BCUT2D eigenvalue weighted by Crippen LogP contribution is 2.38. The number of nitrogens with one attached hydrogen (secondary N) is 1. The van der Waals surface area contributed by atoms with E-state index in [9.17, 15) is 5.11 Å². The van der Waals surface area contributed by atoms with Gasteiger partial charge in [-0.15, -0.1) is 5.92 Å². The standard InChI is InChI=1S/C15H10BrCl2NOS/c1-2-3-9-6-11(17)4-5-13(9)19-21-14-8-10(16)7-12(18)15(14)20/h4-8,19-20H,1H3. The molecule has 0 unspecified atom stereocenters. The van der Waals surface area contributed by atoms with Gasteiger partial charge >= 0.3 is 0 Å². The van der Waals surface area contributed by atoms with Crippen LogP contribution in [0.4, 0.5) is 5.69 Å². The summed E-state index contributed by atoms with van der Waals surface area (Å²) in [5.74, 6) is 5.86. The van der Waals surface area contributed by atoms with Gasteiger partial charge in [-0.3, -0.25) is 0 Å². The van der Waals surface area contributed by atoms with E-state index in [4.69, 9.17) is 23.2 Å². The summed E-state index contributed by atoms with van der Waals surface area (Å²) in [7, 11) is 0. The van der Waals surface area contributed by atoms with Crippen molar-refractivity contribution in [2.24, 2.45) is 0 Å². The van der Waals surface area contributed by atoms with Crippen LogP contribution in [0, 0.1) is 11.8 Å². The lowest BCUT2D eigenvalue weighted by Crippen LogP contribution is -1.91. The molecule has 0 aromatic heterocycles. The fourth-order valence-electron chi connectivity index (χ4n) is 1.57. The first-order chi connectivity index (χ1) is 10.0. The topological polar surface area (TPSA) is 32.3 Å². The molecule has 0 saturated carbocycles. The molecule has 0 aliphatic rings. The molecule has 108 valence electrons. The van der Waals surface area contributed by atoms with E-state index in [-0.39, 0.29) is 5.75 Å². The van der Waals surface area contributed by atoms with Crippen LogP contribution in [0.3, 0.4) is 0 Å². The first-order valence-electron chi connectivity index (χ1n) is 5.84. The van der Waals surface area contributed by atoms with E-state index in [1.54, 1.807) is 31.2 Å². The van der Waals surface area contributed by atoms with Crippen LogP contribution >= 0.6 is 51.1 Å². The highest BCUT2D eigenvalue weighted by molar-refractivity contribution is 9.10. The molecule has 0 aliphatic carbocycles. The van der Waals surface area contributed by atoms with Crippen LogP contribution in [-0.2, 0) is 0 Å². The van der Waals surface area contributed by atoms with Gasteiger partial charge in [0.25, 0.3) is 0 Å². The first-order valence-corrected chi connectivity index (χ1v) is 8.21. The molecule has 0 atom stereocenters. The maximum absolute atomic E-state index is 9.95. The van der Waals surface area contributed by atoms with Crippen molar-refractivity contribution < 1.29 is 5.11 Å². The van der Waals surface area contributed by atoms with Gasteiger partial charge in [0.1, 0.15) is 5.75 Å². The maximum atomic E-state index is 9.95. The predicted molar refractivity (Wildman–Crippen MR) is 94.3 cm³/mol. The van der Waals surface area contributed by atoms with Crippen molar-refractivity contribution in [3.63, 3.8) is 0 Å². The average Bonchev–Trinajstić information content (AvgIpc) is 2.43. The number of anilines is 1. The summed E-state index contributed by atoms with van der Waals surface area (Å²) in [5.41, 5.74) is 1.60. The van der Waals surface area contributed by atoms with Crippen LogP contribution in [0.5, 0.6) is 5.75 Å². The third kappa shape index (κ3) is 4.24. The molecule has 0 radical (unpaired) electrons. The molecule has 2 N–H and O–H groups in total. The number of halogens is 3. The highest BCUT2D eigenvalue weighted by Gasteiger charge is 2.09. The van der Waals surface area contributed by atoms with Gasteiger partial charge in [-0.1, -0.05) is 45.1 Å². The number of phenols is 1. The summed E-state index contributed by atoms with van der Waals surface area (Å²) in [6.45, 7) is 1.76. The maximum Gasteiger partial charge on any atom is 0.149 e. The minimum Gasteiger partial charge on any atom is -0.505 e. The second-order valence-corrected chi connectivity index (χ2v) is 6.61. The van der Waals surface area contributed by atoms with Crippen molar-refractivity contribution in [1.82, 2.24) is 0 Å². The summed E-state index contributed by atoms with van der Waals surface area (Å²) < 4.78 is 3.94. The zero-order valence-corrected chi connectivity index (χ0v) is 14.8. The van der Waals surface area contributed by atoms with E-state index in [0.29, 0.717) is 14.9 Å². The Hall–Kier alpha value is -0.990.